The first-order valence-corrected chi connectivity index (χ1v) is 10.0. The third-order valence-electron chi connectivity index (χ3n) is 4.82. The topological polar surface area (TPSA) is 67.1 Å². The molecular weight excluding hydrogens is 334 g/mol. The lowest BCUT2D eigenvalue weighted by molar-refractivity contribution is 0.400. The average molecular weight is 370 g/mol. The summed E-state index contributed by atoms with van der Waals surface area (Å²) in [5.74, 6) is 1.20. The van der Waals surface area contributed by atoms with Gasteiger partial charge in [0.05, 0.1) is 0 Å². The van der Waals surface area contributed by atoms with Crippen LogP contribution in [-0.4, -0.2) is 41.5 Å². The molecule has 1 atom stereocenters. The third kappa shape index (κ3) is 6.83. The van der Waals surface area contributed by atoms with E-state index in [-0.39, 0.29) is 0 Å². The molecule has 0 aliphatic heterocycles. The lowest BCUT2D eigenvalue weighted by Crippen LogP contribution is -2.18. The largest absolute Gasteiger partial charge is 0.383 e. The predicted octanol–water partition coefficient (Wildman–Crippen LogP) is 4.05. The van der Waals surface area contributed by atoms with Gasteiger partial charge in [-0.25, -0.2) is 4.98 Å². The van der Waals surface area contributed by atoms with E-state index in [0.717, 1.165) is 43.5 Å². The first-order chi connectivity index (χ1) is 12.9. The van der Waals surface area contributed by atoms with Crippen molar-refractivity contribution in [1.82, 2.24) is 14.9 Å². The van der Waals surface area contributed by atoms with Crippen molar-refractivity contribution in [1.29, 1.82) is 0 Å². The van der Waals surface area contributed by atoms with Gasteiger partial charge in [-0.3, -0.25) is 0 Å². The van der Waals surface area contributed by atoms with E-state index in [4.69, 9.17) is 5.73 Å². The van der Waals surface area contributed by atoms with Crippen LogP contribution in [0, 0.1) is 6.92 Å². The van der Waals surface area contributed by atoms with Crippen LogP contribution in [0.3, 0.4) is 0 Å². The first kappa shape index (κ1) is 21.2. The van der Waals surface area contributed by atoms with E-state index < -0.39 is 0 Å². The molecule has 2 rings (SSSR count). The highest BCUT2D eigenvalue weighted by Gasteiger charge is 2.12. The van der Waals surface area contributed by atoms with Crippen molar-refractivity contribution >= 4 is 11.8 Å². The fraction of sp³-hybridized carbons (Fsp3) is 0.545. The van der Waals surface area contributed by atoms with Crippen LogP contribution in [0.5, 0.6) is 0 Å². The van der Waals surface area contributed by atoms with Gasteiger partial charge in [0.15, 0.2) is 0 Å². The van der Waals surface area contributed by atoms with E-state index in [0.29, 0.717) is 17.8 Å². The molecule has 5 heteroatoms. The van der Waals surface area contributed by atoms with Crippen molar-refractivity contribution in [2.45, 2.75) is 58.9 Å². The second kappa shape index (κ2) is 10.3. The molecule has 0 spiro atoms. The number of hydrogen-bond donors (Lipinski definition) is 2. The molecule has 0 radical (unpaired) electrons. The van der Waals surface area contributed by atoms with Crippen molar-refractivity contribution in [3.05, 3.63) is 46.6 Å². The van der Waals surface area contributed by atoms with E-state index >= 15 is 0 Å². The lowest BCUT2D eigenvalue weighted by Gasteiger charge is -2.15. The van der Waals surface area contributed by atoms with Gasteiger partial charge in [0, 0.05) is 23.7 Å². The Morgan fingerprint density at radius 3 is 2.37 bits per heavy atom. The van der Waals surface area contributed by atoms with Crippen LogP contribution < -0.4 is 11.1 Å². The van der Waals surface area contributed by atoms with Gasteiger partial charge < -0.3 is 16.0 Å². The standard InChI is InChI=1S/C22H35N5/c1-6-8-16(2)24-22-25-17(3)20(21(23)26-22)15-19-12-10-18(11-13-19)9-7-14-27(4)5/h10-13,16H,6-9,14-15H2,1-5H3,(H3,23,24,25,26). The molecule has 1 aromatic heterocycles. The molecule has 0 fully saturated rings. The van der Waals surface area contributed by atoms with Gasteiger partial charge in [-0.15, -0.1) is 0 Å². The number of rotatable bonds is 10. The molecule has 0 saturated heterocycles. The van der Waals surface area contributed by atoms with Crippen molar-refractivity contribution in [2.75, 3.05) is 31.7 Å². The monoisotopic (exact) mass is 369 g/mol. The second-order valence-corrected chi connectivity index (χ2v) is 7.73. The van der Waals surface area contributed by atoms with E-state index in [9.17, 15) is 0 Å². The summed E-state index contributed by atoms with van der Waals surface area (Å²) in [4.78, 5) is 11.3. The van der Waals surface area contributed by atoms with Crippen LogP contribution in [-0.2, 0) is 12.8 Å². The smallest absolute Gasteiger partial charge is 0.225 e. The first-order valence-electron chi connectivity index (χ1n) is 10.0. The van der Waals surface area contributed by atoms with Gasteiger partial charge in [0.25, 0.3) is 0 Å². The number of nitrogens with two attached hydrogens (primary N) is 1. The third-order valence-corrected chi connectivity index (χ3v) is 4.82. The van der Waals surface area contributed by atoms with Gasteiger partial charge in [0.2, 0.25) is 5.95 Å². The summed E-state index contributed by atoms with van der Waals surface area (Å²) in [7, 11) is 4.23. The molecule has 27 heavy (non-hydrogen) atoms. The minimum Gasteiger partial charge on any atom is -0.383 e. The summed E-state index contributed by atoms with van der Waals surface area (Å²) in [6.07, 6.45) is 5.27. The molecule has 1 heterocycles. The van der Waals surface area contributed by atoms with Crippen molar-refractivity contribution in [2.24, 2.45) is 0 Å². The Morgan fingerprint density at radius 2 is 1.78 bits per heavy atom. The Bertz CT molecular complexity index is 686. The van der Waals surface area contributed by atoms with E-state index in [1.807, 2.05) is 6.92 Å². The summed E-state index contributed by atoms with van der Waals surface area (Å²) in [6, 6.07) is 9.18. The normalized spacial score (nSPS) is 12.4. The minimum absolute atomic E-state index is 0.347. The van der Waals surface area contributed by atoms with Gasteiger partial charge >= 0.3 is 0 Å². The number of hydrogen-bond acceptors (Lipinski definition) is 5. The second-order valence-electron chi connectivity index (χ2n) is 7.73. The van der Waals surface area contributed by atoms with Gasteiger partial charge in [-0.2, -0.15) is 4.98 Å². The van der Waals surface area contributed by atoms with Crippen molar-refractivity contribution in [3.63, 3.8) is 0 Å². The maximum atomic E-state index is 6.25. The van der Waals surface area contributed by atoms with Crippen LogP contribution in [0.1, 0.15) is 55.5 Å². The van der Waals surface area contributed by atoms with E-state index in [1.165, 1.54) is 17.5 Å². The zero-order valence-corrected chi connectivity index (χ0v) is 17.5. The predicted molar refractivity (Wildman–Crippen MR) is 115 cm³/mol. The average Bonchev–Trinajstić information content (AvgIpc) is 2.59. The Hall–Kier alpha value is -2.14. The number of nitrogens with zero attached hydrogens (tertiary/aromatic N) is 3. The molecular formula is C22H35N5. The highest BCUT2D eigenvalue weighted by atomic mass is 15.1. The van der Waals surface area contributed by atoms with E-state index in [2.05, 4.69) is 72.4 Å². The SMILES string of the molecule is CCCC(C)Nc1nc(C)c(Cc2ccc(CCCN(C)C)cc2)c(N)n1. The molecule has 5 nitrogen and oxygen atoms in total. The van der Waals surface area contributed by atoms with Crippen LogP contribution >= 0.6 is 0 Å². The quantitative estimate of drug-likeness (QED) is 0.661. The maximum absolute atomic E-state index is 6.25. The van der Waals surface area contributed by atoms with Crippen LogP contribution in [0.2, 0.25) is 0 Å². The number of nitrogen functional groups attached to an aromatic ring is 1. The Morgan fingerprint density at radius 1 is 1.11 bits per heavy atom. The summed E-state index contributed by atoms with van der Waals surface area (Å²) in [5.41, 5.74) is 10.8. The summed E-state index contributed by atoms with van der Waals surface area (Å²) < 4.78 is 0. The molecule has 1 unspecified atom stereocenters. The van der Waals surface area contributed by atoms with Crippen LogP contribution in [0.4, 0.5) is 11.8 Å². The molecule has 2 aromatic rings. The fourth-order valence-electron chi connectivity index (χ4n) is 3.25. The number of nitrogens with one attached hydrogen (secondary N) is 1. The maximum Gasteiger partial charge on any atom is 0.225 e. The summed E-state index contributed by atoms with van der Waals surface area (Å²) in [6.45, 7) is 7.45. The summed E-state index contributed by atoms with van der Waals surface area (Å²) in [5, 5.41) is 3.34. The lowest BCUT2D eigenvalue weighted by atomic mass is 10.0. The number of benzene rings is 1. The highest BCUT2D eigenvalue weighted by molar-refractivity contribution is 5.49. The fourth-order valence-corrected chi connectivity index (χ4v) is 3.25. The molecule has 0 aliphatic rings. The Labute approximate surface area is 164 Å². The van der Waals surface area contributed by atoms with Gasteiger partial charge in [-0.1, -0.05) is 37.6 Å². The van der Waals surface area contributed by atoms with Gasteiger partial charge in [0.1, 0.15) is 5.82 Å². The molecule has 0 bridgehead atoms. The molecule has 0 aliphatic carbocycles. The Kier molecular flexibility index (Phi) is 8.04. The van der Waals surface area contributed by atoms with Crippen molar-refractivity contribution in [3.8, 4) is 0 Å². The van der Waals surface area contributed by atoms with Gasteiger partial charge in [-0.05, 0) is 64.9 Å². The number of aromatic nitrogens is 2. The zero-order chi connectivity index (χ0) is 19.8. The number of anilines is 2. The Balaban J connectivity index is 2.02. The summed E-state index contributed by atoms with van der Waals surface area (Å²) >= 11 is 0. The minimum atomic E-state index is 0.347. The van der Waals surface area contributed by atoms with Crippen LogP contribution in [0.25, 0.3) is 0 Å². The molecule has 3 N–H and O–H groups in total. The molecule has 1 aromatic carbocycles. The van der Waals surface area contributed by atoms with E-state index in [1.54, 1.807) is 0 Å². The molecule has 148 valence electrons. The van der Waals surface area contributed by atoms with Crippen LogP contribution in [0.15, 0.2) is 24.3 Å². The molecule has 0 saturated carbocycles. The number of aryl methyl sites for hydroxylation is 2. The molecule has 0 amide bonds. The van der Waals surface area contributed by atoms with Crippen molar-refractivity contribution < 1.29 is 0 Å². The highest BCUT2D eigenvalue weighted by Crippen LogP contribution is 2.20. The zero-order valence-electron chi connectivity index (χ0n) is 17.5.